The summed E-state index contributed by atoms with van der Waals surface area (Å²) >= 11 is 0. The molecule has 17 heavy (non-hydrogen) atoms. The Morgan fingerprint density at radius 1 is 1.00 bits per heavy atom. The molecule has 84 valence electrons. The molecule has 2 fully saturated rings. The Kier molecular flexibility index (Phi) is 1.77. The zero-order valence-electron chi connectivity index (χ0n) is 9.54. The van der Waals surface area contributed by atoms with Gasteiger partial charge in [-0.15, -0.1) is 0 Å². The van der Waals surface area contributed by atoms with Crippen molar-refractivity contribution < 1.29 is 4.79 Å². The third-order valence-corrected chi connectivity index (χ3v) is 4.53. The van der Waals surface area contributed by atoms with Crippen molar-refractivity contribution in [3.8, 4) is 0 Å². The van der Waals surface area contributed by atoms with Gasteiger partial charge in [0.2, 0.25) is 0 Å². The van der Waals surface area contributed by atoms with Crippen molar-refractivity contribution in [1.82, 2.24) is 0 Å². The SMILES string of the molecule is O=C1/C(=C\c2ccccc2)C2C3C=CC(C3)C12. The van der Waals surface area contributed by atoms with Crippen LogP contribution in [-0.2, 0) is 4.79 Å². The molecule has 0 spiro atoms. The summed E-state index contributed by atoms with van der Waals surface area (Å²) < 4.78 is 0. The minimum atomic E-state index is 0.319. The number of hydrogen-bond donors (Lipinski definition) is 0. The Morgan fingerprint density at radius 3 is 2.47 bits per heavy atom. The largest absolute Gasteiger partial charge is 0.294 e. The Balaban J connectivity index is 1.71. The van der Waals surface area contributed by atoms with Crippen LogP contribution in [0.1, 0.15) is 12.0 Å². The molecule has 1 aromatic rings. The van der Waals surface area contributed by atoms with E-state index in [1.165, 1.54) is 6.42 Å². The molecule has 0 aromatic heterocycles. The van der Waals surface area contributed by atoms with E-state index in [4.69, 9.17) is 0 Å². The van der Waals surface area contributed by atoms with Crippen LogP contribution in [0.25, 0.3) is 6.08 Å². The molecule has 3 aliphatic rings. The fraction of sp³-hybridized carbons (Fsp3) is 0.312. The molecule has 0 amide bonds. The maximum absolute atomic E-state index is 12.1. The van der Waals surface area contributed by atoms with E-state index in [9.17, 15) is 4.79 Å². The van der Waals surface area contributed by atoms with Crippen molar-refractivity contribution in [3.63, 3.8) is 0 Å². The second kappa shape index (κ2) is 3.19. The fourth-order valence-electron chi connectivity index (χ4n) is 3.76. The lowest BCUT2D eigenvalue weighted by Gasteiger charge is -2.38. The van der Waals surface area contributed by atoms with E-state index in [1.54, 1.807) is 0 Å². The van der Waals surface area contributed by atoms with Crippen molar-refractivity contribution in [2.45, 2.75) is 6.42 Å². The number of carbonyl (C=O) groups excluding carboxylic acids is 1. The van der Waals surface area contributed by atoms with E-state index >= 15 is 0 Å². The van der Waals surface area contributed by atoms with Gasteiger partial charge in [0, 0.05) is 17.4 Å². The third kappa shape index (κ3) is 1.17. The lowest BCUT2D eigenvalue weighted by atomic mass is 9.63. The van der Waals surface area contributed by atoms with Crippen LogP contribution in [0.5, 0.6) is 0 Å². The molecule has 4 atom stereocenters. The number of allylic oxidation sites excluding steroid dienone is 3. The fourth-order valence-corrected chi connectivity index (χ4v) is 3.76. The highest BCUT2D eigenvalue weighted by Crippen LogP contribution is 2.58. The molecule has 0 aliphatic heterocycles. The topological polar surface area (TPSA) is 17.1 Å². The van der Waals surface area contributed by atoms with Crippen LogP contribution in [-0.4, -0.2) is 5.78 Å². The maximum atomic E-state index is 12.1. The first-order valence-electron chi connectivity index (χ1n) is 6.34. The van der Waals surface area contributed by atoms with Crippen LogP contribution >= 0.6 is 0 Å². The van der Waals surface area contributed by atoms with Gasteiger partial charge in [0.25, 0.3) is 0 Å². The first-order valence-corrected chi connectivity index (χ1v) is 6.34. The molecule has 4 rings (SSSR count). The molecule has 0 heterocycles. The molecule has 2 bridgehead atoms. The standard InChI is InChI=1S/C16H14O/c17-16-13(8-10-4-2-1-3-5-10)14-11-6-7-12(9-11)15(14)16/h1-8,11-12,14-15H,9H2/b13-8-. The van der Waals surface area contributed by atoms with Gasteiger partial charge in [-0.2, -0.15) is 0 Å². The molecule has 4 unspecified atom stereocenters. The van der Waals surface area contributed by atoms with E-state index in [0.29, 0.717) is 29.5 Å². The normalized spacial score (nSPS) is 39.5. The number of benzene rings is 1. The number of hydrogen-bond acceptors (Lipinski definition) is 1. The molecule has 0 N–H and O–H groups in total. The van der Waals surface area contributed by atoms with Gasteiger partial charge < -0.3 is 0 Å². The van der Waals surface area contributed by atoms with Crippen LogP contribution in [0.15, 0.2) is 48.1 Å². The van der Waals surface area contributed by atoms with E-state index in [0.717, 1.165) is 11.1 Å². The van der Waals surface area contributed by atoms with Gasteiger partial charge in [-0.25, -0.2) is 0 Å². The number of carbonyl (C=O) groups is 1. The Bertz CT molecular complexity index is 538. The van der Waals surface area contributed by atoms with Crippen molar-refractivity contribution in [1.29, 1.82) is 0 Å². The van der Waals surface area contributed by atoms with E-state index < -0.39 is 0 Å². The second-order valence-corrected chi connectivity index (χ2v) is 5.37. The highest BCUT2D eigenvalue weighted by Gasteiger charge is 2.58. The number of rotatable bonds is 1. The molecule has 1 heteroatoms. The number of ketones is 1. The minimum absolute atomic E-state index is 0.319. The highest BCUT2D eigenvalue weighted by atomic mass is 16.1. The first kappa shape index (κ1) is 9.41. The lowest BCUT2D eigenvalue weighted by Crippen LogP contribution is -2.42. The maximum Gasteiger partial charge on any atom is 0.163 e. The first-order chi connectivity index (χ1) is 8.34. The Morgan fingerprint density at radius 2 is 1.71 bits per heavy atom. The van der Waals surface area contributed by atoms with Crippen LogP contribution in [0.2, 0.25) is 0 Å². The third-order valence-electron chi connectivity index (χ3n) is 4.53. The second-order valence-electron chi connectivity index (χ2n) is 5.37. The summed E-state index contributed by atoms with van der Waals surface area (Å²) in [5.41, 5.74) is 2.22. The summed E-state index contributed by atoms with van der Waals surface area (Å²) in [4.78, 5) is 12.1. The average Bonchev–Trinajstić information content (AvgIpc) is 2.95. The van der Waals surface area contributed by atoms with Crippen molar-refractivity contribution in [3.05, 3.63) is 53.6 Å². The minimum Gasteiger partial charge on any atom is -0.294 e. The Labute approximate surface area is 101 Å². The van der Waals surface area contributed by atoms with Gasteiger partial charge in [0.1, 0.15) is 0 Å². The van der Waals surface area contributed by atoms with Crippen LogP contribution in [0.4, 0.5) is 0 Å². The molecule has 2 saturated carbocycles. The van der Waals surface area contributed by atoms with E-state index in [-0.39, 0.29) is 0 Å². The van der Waals surface area contributed by atoms with Gasteiger partial charge in [0.15, 0.2) is 5.78 Å². The van der Waals surface area contributed by atoms with Gasteiger partial charge >= 0.3 is 0 Å². The van der Waals surface area contributed by atoms with Crippen LogP contribution < -0.4 is 0 Å². The zero-order chi connectivity index (χ0) is 11.4. The van der Waals surface area contributed by atoms with Gasteiger partial charge in [-0.3, -0.25) is 4.79 Å². The zero-order valence-corrected chi connectivity index (χ0v) is 9.54. The van der Waals surface area contributed by atoms with Crippen LogP contribution in [0.3, 0.4) is 0 Å². The monoisotopic (exact) mass is 222 g/mol. The predicted molar refractivity (Wildman–Crippen MR) is 67.1 cm³/mol. The number of fused-ring (bicyclic) bond motifs is 5. The van der Waals surface area contributed by atoms with Crippen LogP contribution in [0, 0.1) is 23.7 Å². The smallest absolute Gasteiger partial charge is 0.163 e. The van der Waals surface area contributed by atoms with Crippen molar-refractivity contribution in [2.75, 3.05) is 0 Å². The van der Waals surface area contributed by atoms with Crippen molar-refractivity contribution in [2.24, 2.45) is 23.7 Å². The summed E-state index contributed by atoms with van der Waals surface area (Å²) in [7, 11) is 0. The molecular weight excluding hydrogens is 208 g/mol. The molecule has 1 aromatic carbocycles. The molecule has 0 saturated heterocycles. The van der Waals surface area contributed by atoms with Gasteiger partial charge in [-0.1, -0.05) is 42.5 Å². The summed E-state index contributed by atoms with van der Waals surface area (Å²) in [5.74, 6) is 2.43. The summed E-state index contributed by atoms with van der Waals surface area (Å²) in [5, 5.41) is 0. The van der Waals surface area contributed by atoms with E-state index in [1.807, 2.05) is 18.2 Å². The quantitative estimate of drug-likeness (QED) is 0.527. The summed E-state index contributed by atoms with van der Waals surface area (Å²) in [6.45, 7) is 0. The predicted octanol–water partition coefficient (Wildman–Crippen LogP) is 3.09. The Hall–Kier alpha value is -1.63. The van der Waals surface area contributed by atoms with Gasteiger partial charge in [-0.05, 0) is 29.9 Å². The number of Topliss-reactive ketones (excluding diaryl/α,β-unsaturated/α-hetero) is 1. The molecule has 0 radical (unpaired) electrons. The average molecular weight is 222 g/mol. The van der Waals surface area contributed by atoms with Crippen molar-refractivity contribution >= 4 is 11.9 Å². The summed E-state index contributed by atoms with van der Waals surface area (Å²) in [6.07, 6.45) is 7.87. The molecule has 1 nitrogen and oxygen atoms in total. The highest BCUT2D eigenvalue weighted by molar-refractivity contribution is 6.09. The van der Waals surface area contributed by atoms with Gasteiger partial charge in [0.05, 0.1) is 0 Å². The molecule has 3 aliphatic carbocycles. The summed E-state index contributed by atoms with van der Waals surface area (Å²) in [6, 6.07) is 10.2. The van der Waals surface area contributed by atoms with E-state index in [2.05, 4.69) is 30.4 Å². The molecular formula is C16H14O. The lowest BCUT2D eigenvalue weighted by molar-refractivity contribution is -0.126.